The average molecular weight is 697 g/mol. The van der Waals surface area contributed by atoms with Gasteiger partial charge in [-0.15, -0.1) is 0 Å². The van der Waals surface area contributed by atoms with Gasteiger partial charge in [0.05, 0.1) is 21.3 Å². The van der Waals surface area contributed by atoms with Gasteiger partial charge < -0.3 is 45.1 Å². The molecular weight excluding hydrogens is 648 g/mol. The van der Waals surface area contributed by atoms with Crippen molar-refractivity contribution in [3.63, 3.8) is 0 Å². The Hall–Kier alpha value is -5.91. The van der Waals surface area contributed by atoms with Gasteiger partial charge in [0.25, 0.3) is 0 Å². The fourth-order valence-electron chi connectivity index (χ4n) is 5.59. The summed E-state index contributed by atoms with van der Waals surface area (Å²) >= 11 is 0. The fourth-order valence-corrected chi connectivity index (χ4v) is 5.59. The molecule has 0 bridgehead atoms. The predicted octanol–water partition coefficient (Wildman–Crippen LogP) is 5.57. The zero-order chi connectivity index (χ0) is 36.8. The number of carbonyl (C=O) groups excluding carboxylic acids is 3. The zero-order valence-corrected chi connectivity index (χ0v) is 30.1. The molecule has 3 aromatic heterocycles. The predicted molar refractivity (Wildman–Crippen MR) is 202 cm³/mol. The van der Waals surface area contributed by atoms with Crippen LogP contribution in [0.25, 0.3) is 32.7 Å². The molecular formula is C39H48N6O6. The van der Waals surface area contributed by atoms with Crippen molar-refractivity contribution in [2.24, 2.45) is 0 Å². The van der Waals surface area contributed by atoms with E-state index in [1.165, 1.54) is 37.5 Å². The van der Waals surface area contributed by atoms with Crippen LogP contribution in [-0.4, -0.2) is 73.6 Å². The third-order valence-electron chi connectivity index (χ3n) is 8.23. The first kappa shape index (κ1) is 37.9. The van der Waals surface area contributed by atoms with Gasteiger partial charge in [-0.1, -0.05) is 0 Å². The molecule has 0 saturated heterocycles. The van der Waals surface area contributed by atoms with Crippen LogP contribution in [-0.2, 0) is 33.6 Å². The van der Waals surface area contributed by atoms with Gasteiger partial charge in [0.15, 0.2) is 0 Å². The van der Waals surface area contributed by atoms with E-state index in [-0.39, 0.29) is 17.7 Å². The summed E-state index contributed by atoms with van der Waals surface area (Å²) in [7, 11) is 4.97. The van der Waals surface area contributed by atoms with Crippen LogP contribution in [0.1, 0.15) is 37.5 Å². The lowest BCUT2D eigenvalue weighted by Gasteiger charge is -2.03. The number of methoxy groups -OCH3 is 3. The first-order chi connectivity index (χ1) is 24.6. The van der Waals surface area contributed by atoms with Crippen molar-refractivity contribution in [2.75, 3.05) is 41.0 Å². The summed E-state index contributed by atoms with van der Waals surface area (Å²) < 4.78 is 15.6. The molecule has 51 heavy (non-hydrogen) atoms. The molecule has 3 heterocycles. The highest BCUT2D eigenvalue weighted by Crippen LogP contribution is 2.25. The Morgan fingerprint density at radius 2 is 0.765 bits per heavy atom. The smallest absolute Gasteiger partial charge is 0.216 e. The molecule has 3 aromatic carbocycles. The number of fused-ring (bicyclic) bond motifs is 3. The Labute approximate surface area is 297 Å². The molecule has 6 rings (SSSR count). The van der Waals surface area contributed by atoms with Crippen LogP contribution in [0.3, 0.4) is 0 Å². The number of carbonyl (C=O) groups is 3. The molecule has 0 atom stereocenters. The maximum absolute atomic E-state index is 10.8. The third kappa shape index (κ3) is 11.0. The summed E-state index contributed by atoms with van der Waals surface area (Å²) in [4.78, 5) is 42.0. The van der Waals surface area contributed by atoms with Crippen LogP contribution in [0, 0.1) is 0 Å². The van der Waals surface area contributed by atoms with Crippen LogP contribution in [0.5, 0.6) is 17.2 Å². The molecule has 6 N–H and O–H groups in total. The molecule has 270 valence electrons. The summed E-state index contributed by atoms with van der Waals surface area (Å²) in [6, 6.07) is 17.8. The summed E-state index contributed by atoms with van der Waals surface area (Å²) in [5.41, 5.74) is 6.82. The van der Waals surface area contributed by atoms with E-state index >= 15 is 0 Å². The van der Waals surface area contributed by atoms with E-state index in [9.17, 15) is 14.4 Å². The Balaban J connectivity index is 0.000000172. The molecule has 0 radical (unpaired) electrons. The first-order valence-corrected chi connectivity index (χ1v) is 16.8. The highest BCUT2D eigenvalue weighted by atomic mass is 16.5. The minimum atomic E-state index is 0.00224. The van der Waals surface area contributed by atoms with Gasteiger partial charge in [0, 0.05) is 91.7 Å². The lowest BCUT2D eigenvalue weighted by atomic mass is 10.1. The number of benzene rings is 3. The van der Waals surface area contributed by atoms with Gasteiger partial charge in [0.2, 0.25) is 17.7 Å². The number of aromatic nitrogens is 3. The number of amides is 3. The first-order valence-electron chi connectivity index (χ1n) is 16.8. The molecule has 0 fully saturated rings. The number of rotatable bonds is 12. The van der Waals surface area contributed by atoms with Crippen LogP contribution < -0.4 is 30.2 Å². The quantitative estimate of drug-likeness (QED) is 0.0981. The minimum absolute atomic E-state index is 0.00224. The van der Waals surface area contributed by atoms with Gasteiger partial charge in [-0.2, -0.15) is 0 Å². The highest BCUT2D eigenvalue weighted by molar-refractivity contribution is 5.86. The molecule has 3 amide bonds. The zero-order valence-electron chi connectivity index (χ0n) is 30.1. The van der Waals surface area contributed by atoms with Crippen molar-refractivity contribution >= 4 is 50.4 Å². The molecule has 0 aliphatic rings. The van der Waals surface area contributed by atoms with Crippen LogP contribution in [0.15, 0.2) is 73.2 Å². The van der Waals surface area contributed by atoms with E-state index in [4.69, 9.17) is 14.2 Å². The number of aromatic amines is 3. The number of ether oxygens (including phenoxy) is 3. The largest absolute Gasteiger partial charge is 0.497 e. The van der Waals surface area contributed by atoms with Crippen LogP contribution >= 0.6 is 0 Å². The second-order valence-electron chi connectivity index (χ2n) is 11.9. The molecule has 0 unspecified atom stereocenters. The van der Waals surface area contributed by atoms with Gasteiger partial charge in [-0.3, -0.25) is 14.4 Å². The van der Waals surface area contributed by atoms with Crippen molar-refractivity contribution in [3.05, 3.63) is 89.9 Å². The molecule has 0 aliphatic heterocycles. The van der Waals surface area contributed by atoms with Crippen molar-refractivity contribution in [3.8, 4) is 17.2 Å². The average Bonchev–Trinajstić information content (AvgIpc) is 3.84. The lowest BCUT2D eigenvalue weighted by Crippen LogP contribution is -2.22. The second-order valence-corrected chi connectivity index (χ2v) is 11.9. The minimum Gasteiger partial charge on any atom is -0.497 e. The summed E-state index contributed by atoms with van der Waals surface area (Å²) in [5.74, 6) is 2.54. The fraction of sp³-hybridized carbons (Fsp3) is 0.308. The molecule has 12 heteroatoms. The van der Waals surface area contributed by atoms with E-state index in [0.29, 0.717) is 19.6 Å². The standard InChI is InChI=1S/3C13H16N2O2/c3*1-9(16)14-6-5-10-8-15-13-4-3-11(17-2)7-12(10)13/h3*3-4,7-8,15H,5-6H2,1-2H3,(H,14,16). The Kier molecular flexibility index (Phi) is 13.9. The number of nitrogens with one attached hydrogen (secondary N) is 6. The van der Waals surface area contributed by atoms with Gasteiger partial charge >= 0.3 is 0 Å². The third-order valence-corrected chi connectivity index (χ3v) is 8.23. The second kappa shape index (κ2) is 18.7. The van der Waals surface area contributed by atoms with E-state index in [0.717, 1.165) is 69.2 Å². The van der Waals surface area contributed by atoms with Crippen molar-refractivity contribution in [1.29, 1.82) is 0 Å². The molecule has 12 nitrogen and oxygen atoms in total. The SMILES string of the molecule is COc1ccc2[nH]cc(CCNC(C)=O)c2c1.COc1ccc2[nH]cc(CCNC(C)=O)c2c1.COc1ccc2[nH]cc(CCNC(C)=O)c2c1. The van der Waals surface area contributed by atoms with Crippen molar-refractivity contribution in [2.45, 2.75) is 40.0 Å². The summed E-state index contributed by atoms with van der Waals surface area (Å²) in [5, 5.41) is 11.8. The van der Waals surface area contributed by atoms with Crippen LogP contribution in [0.4, 0.5) is 0 Å². The Morgan fingerprint density at radius 3 is 1.00 bits per heavy atom. The van der Waals surface area contributed by atoms with Gasteiger partial charge in [-0.05, 0) is 90.6 Å². The van der Waals surface area contributed by atoms with E-state index < -0.39 is 0 Å². The summed E-state index contributed by atoms with van der Waals surface area (Å²) in [6.45, 7) is 6.53. The number of hydrogen-bond acceptors (Lipinski definition) is 6. The summed E-state index contributed by atoms with van der Waals surface area (Å²) in [6.07, 6.45) is 8.37. The number of H-pyrrole nitrogens is 3. The topological polar surface area (TPSA) is 162 Å². The lowest BCUT2D eigenvalue weighted by molar-refractivity contribution is -0.119. The van der Waals surface area contributed by atoms with Gasteiger partial charge in [0.1, 0.15) is 17.2 Å². The van der Waals surface area contributed by atoms with Crippen molar-refractivity contribution < 1.29 is 28.6 Å². The Bertz CT molecular complexity index is 1830. The molecule has 0 aliphatic carbocycles. The van der Waals surface area contributed by atoms with Crippen molar-refractivity contribution in [1.82, 2.24) is 30.9 Å². The highest BCUT2D eigenvalue weighted by Gasteiger charge is 2.07. The maximum atomic E-state index is 10.8. The van der Waals surface area contributed by atoms with E-state index in [2.05, 4.69) is 30.9 Å². The van der Waals surface area contributed by atoms with E-state index in [1.807, 2.05) is 73.2 Å². The molecule has 6 aromatic rings. The van der Waals surface area contributed by atoms with Crippen LogP contribution in [0.2, 0.25) is 0 Å². The Morgan fingerprint density at radius 1 is 0.490 bits per heavy atom. The molecule has 0 spiro atoms. The van der Waals surface area contributed by atoms with Gasteiger partial charge in [-0.25, -0.2) is 0 Å². The number of hydrogen-bond donors (Lipinski definition) is 6. The van der Waals surface area contributed by atoms with E-state index in [1.54, 1.807) is 21.3 Å². The monoisotopic (exact) mass is 696 g/mol. The molecule has 0 saturated carbocycles. The maximum Gasteiger partial charge on any atom is 0.216 e. The normalized spacial score (nSPS) is 10.5.